The average molecular weight is 334 g/mol. The highest BCUT2D eigenvalue weighted by atomic mass is 19.3. The molecule has 0 bridgehead atoms. The highest BCUT2D eigenvalue weighted by Gasteiger charge is 2.23. The summed E-state index contributed by atoms with van der Waals surface area (Å²) >= 11 is 0. The van der Waals surface area contributed by atoms with Crippen LogP contribution < -0.4 is 14.2 Å². The second kappa shape index (κ2) is 7.34. The van der Waals surface area contributed by atoms with Gasteiger partial charge in [-0.2, -0.15) is 0 Å². The molecule has 0 aliphatic carbocycles. The monoisotopic (exact) mass is 334 g/mol. The molecular weight excluding hydrogens is 314 g/mol. The first-order chi connectivity index (χ1) is 11.4. The minimum absolute atomic E-state index is 0.00700. The van der Waals surface area contributed by atoms with E-state index in [-0.39, 0.29) is 5.56 Å². The summed E-state index contributed by atoms with van der Waals surface area (Å²) in [4.78, 5) is 0. The Morgan fingerprint density at radius 2 is 1.29 bits per heavy atom. The second-order valence-corrected chi connectivity index (χ2v) is 5.30. The Morgan fingerprint density at radius 1 is 0.792 bits per heavy atom. The van der Waals surface area contributed by atoms with E-state index < -0.39 is 5.92 Å². The van der Waals surface area contributed by atoms with Crippen molar-refractivity contribution in [2.75, 3.05) is 21.3 Å². The van der Waals surface area contributed by atoms with Crippen molar-refractivity contribution in [1.29, 1.82) is 0 Å². The van der Waals surface area contributed by atoms with Crippen LogP contribution >= 0.6 is 0 Å². The maximum Gasteiger partial charge on any atom is 0.270 e. The Balaban J connectivity index is 2.28. The van der Waals surface area contributed by atoms with Crippen LogP contribution in [0.2, 0.25) is 0 Å². The Kier molecular flexibility index (Phi) is 5.44. The van der Waals surface area contributed by atoms with Crippen LogP contribution in [0.1, 0.15) is 23.6 Å². The van der Waals surface area contributed by atoms with Gasteiger partial charge in [-0.25, -0.2) is 8.78 Å². The zero-order chi connectivity index (χ0) is 17.7. The summed E-state index contributed by atoms with van der Waals surface area (Å²) in [6.07, 6.45) is 3.68. The van der Waals surface area contributed by atoms with Crippen LogP contribution in [0.5, 0.6) is 17.2 Å². The molecule has 0 saturated carbocycles. The van der Waals surface area contributed by atoms with Gasteiger partial charge in [0.25, 0.3) is 5.92 Å². The van der Waals surface area contributed by atoms with Gasteiger partial charge in [0.05, 0.1) is 21.3 Å². The minimum atomic E-state index is -2.83. The molecular formula is C19H20F2O3. The predicted octanol–water partition coefficient (Wildman–Crippen LogP) is 4.99. The summed E-state index contributed by atoms with van der Waals surface area (Å²) in [5.74, 6) is -1.21. The molecule has 2 aromatic carbocycles. The van der Waals surface area contributed by atoms with Gasteiger partial charge in [0.1, 0.15) is 0 Å². The number of methoxy groups -OCH3 is 3. The second-order valence-electron chi connectivity index (χ2n) is 5.30. The molecule has 0 aliphatic heterocycles. The van der Waals surface area contributed by atoms with Crippen molar-refractivity contribution in [3.05, 3.63) is 53.1 Å². The van der Waals surface area contributed by atoms with E-state index in [2.05, 4.69) is 0 Å². The molecule has 0 atom stereocenters. The lowest BCUT2D eigenvalue weighted by atomic mass is 10.1. The van der Waals surface area contributed by atoms with Gasteiger partial charge in [-0.3, -0.25) is 0 Å². The first-order valence-corrected chi connectivity index (χ1v) is 7.35. The molecule has 0 heterocycles. The molecule has 2 aromatic rings. The third kappa shape index (κ3) is 4.04. The zero-order valence-corrected chi connectivity index (χ0v) is 14.1. The molecule has 0 fully saturated rings. The Bertz CT molecular complexity index is 691. The van der Waals surface area contributed by atoms with Crippen LogP contribution in [-0.4, -0.2) is 21.3 Å². The number of alkyl halides is 2. The van der Waals surface area contributed by atoms with Gasteiger partial charge >= 0.3 is 0 Å². The maximum absolute atomic E-state index is 13.2. The SMILES string of the molecule is COc1cc(C=Cc2ccc(C(C)(F)F)cc2)cc(OC)c1OC. The van der Waals surface area contributed by atoms with Gasteiger partial charge in [-0.05, 0) is 23.3 Å². The molecule has 24 heavy (non-hydrogen) atoms. The van der Waals surface area contributed by atoms with Gasteiger partial charge in [0.2, 0.25) is 5.75 Å². The third-order valence-electron chi connectivity index (χ3n) is 3.57. The van der Waals surface area contributed by atoms with Crippen LogP contribution in [0.3, 0.4) is 0 Å². The quantitative estimate of drug-likeness (QED) is 0.696. The summed E-state index contributed by atoms with van der Waals surface area (Å²) in [6.45, 7) is 0.883. The number of hydrogen-bond donors (Lipinski definition) is 0. The van der Waals surface area contributed by atoms with Gasteiger partial charge in [0.15, 0.2) is 11.5 Å². The normalized spacial score (nSPS) is 11.6. The summed E-state index contributed by atoms with van der Waals surface area (Å²) in [7, 11) is 4.64. The minimum Gasteiger partial charge on any atom is -0.493 e. The smallest absolute Gasteiger partial charge is 0.270 e. The lowest BCUT2D eigenvalue weighted by Gasteiger charge is -2.13. The van der Waals surface area contributed by atoms with Crippen LogP contribution in [0.4, 0.5) is 8.78 Å². The summed E-state index contributed by atoms with van der Waals surface area (Å²) in [5, 5.41) is 0. The van der Waals surface area contributed by atoms with Gasteiger partial charge < -0.3 is 14.2 Å². The number of rotatable bonds is 6. The molecule has 0 saturated heterocycles. The molecule has 0 unspecified atom stereocenters. The fourth-order valence-corrected chi connectivity index (χ4v) is 2.28. The van der Waals surface area contributed by atoms with E-state index in [1.165, 1.54) is 12.1 Å². The fourth-order valence-electron chi connectivity index (χ4n) is 2.28. The van der Waals surface area contributed by atoms with E-state index in [9.17, 15) is 8.78 Å². The molecule has 2 rings (SSSR count). The van der Waals surface area contributed by atoms with E-state index in [1.807, 2.05) is 24.3 Å². The Morgan fingerprint density at radius 3 is 1.71 bits per heavy atom. The van der Waals surface area contributed by atoms with Crippen molar-refractivity contribution in [1.82, 2.24) is 0 Å². The maximum atomic E-state index is 13.2. The fraction of sp³-hybridized carbons (Fsp3) is 0.263. The van der Waals surface area contributed by atoms with Crippen LogP contribution in [0, 0.1) is 0 Å². The van der Waals surface area contributed by atoms with Crippen LogP contribution in [0.25, 0.3) is 12.2 Å². The first kappa shape index (κ1) is 17.8. The van der Waals surface area contributed by atoms with Crippen molar-refractivity contribution < 1.29 is 23.0 Å². The average Bonchev–Trinajstić information content (AvgIpc) is 2.58. The van der Waals surface area contributed by atoms with Crippen molar-refractivity contribution in [2.24, 2.45) is 0 Å². The standard InChI is InChI=1S/C19H20F2O3/c1-19(20,21)15-9-7-13(8-10-15)5-6-14-11-16(22-2)18(24-4)17(12-14)23-3/h5-12H,1-4H3. The van der Waals surface area contributed by atoms with E-state index in [1.54, 1.807) is 33.5 Å². The predicted molar refractivity (Wildman–Crippen MR) is 91.0 cm³/mol. The molecule has 3 nitrogen and oxygen atoms in total. The van der Waals surface area contributed by atoms with Crippen LogP contribution in [0.15, 0.2) is 36.4 Å². The first-order valence-electron chi connectivity index (χ1n) is 7.35. The molecule has 128 valence electrons. The lowest BCUT2D eigenvalue weighted by molar-refractivity contribution is 0.0175. The Hall–Kier alpha value is -2.56. The van der Waals surface area contributed by atoms with Gasteiger partial charge in [-0.15, -0.1) is 0 Å². The lowest BCUT2D eigenvalue weighted by Crippen LogP contribution is -2.06. The van der Waals surface area contributed by atoms with Crippen molar-refractivity contribution in [3.63, 3.8) is 0 Å². The van der Waals surface area contributed by atoms with Crippen LogP contribution in [-0.2, 0) is 5.92 Å². The summed E-state index contributed by atoms with van der Waals surface area (Å²) in [6, 6.07) is 9.78. The molecule has 5 heteroatoms. The highest BCUT2D eigenvalue weighted by Crippen LogP contribution is 2.38. The van der Waals surface area contributed by atoms with E-state index in [0.29, 0.717) is 17.2 Å². The van der Waals surface area contributed by atoms with Crippen molar-refractivity contribution in [2.45, 2.75) is 12.8 Å². The number of benzene rings is 2. The largest absolute Gasteiger partial charge is 0.493 e. The topological polar surface area (TPSA) is 27.7 Å². The van der Waals surface area contributed by atoms with Crippen molar-refractivity contribution >= 4 is 12.2 Å². The molecule has 0 N–H and O–H groups in total. The van der Waals surface area contributed by atoms with Gasteiger partial charge in [-0.1, -0.05) is 36.4 Å². The molecule has 0 aromatic heterocycles. The van der Waals surface area contributed by atoms with E-state index >= 15 is 0 Å². The molecule has 0 spiro atoms. The number of ether oxygens (including phenoxy) is 3. The summed E-state index contributed by atoms with van der Waals surface area (Å²) in [5.41, 5.74) is 1.65. The number of hydrogen-bond acceptors (Lipinski definition) is 3. The van der Waals surface area contributed by atoms with Crippen molar-refractivity contribution in [3.8, 4) is 17.2 Å². The molecule has 0 radical (unpaired) electrons. The molecule has 0 aliphatic rings. The number of halogens is 2. The molecule has 0 amide bonds. The van der Waals surface area contributed by atoms with E-state index in [0.717, 1.165) is 18.1 Å². The Labute approximate surface area is 140 Å². The van der Waals surface area contributed by atoms with E-state index in [4.69, 9.17) is 14.2 Å². The third-order valence-corrected chi connectivity index (χ3v) is 3.57. The summed E-state index contributed by atoms with van der Waals surface area (Å²) < 4.78 is 42.3. The van der Waals surface area contributed by atoms with Gasteiger partial charge in [0, 0.05) is 12.5 Å². The highest BCUT2D eigenvalue weighted by molar-refractivity contribution is 5.72. The zero-order valence-electron chi connectivity index (χ0n) is 14.1.